The summed E-state index contributed by atoms with van der Waals surface area (Å²) >= 11 is 0. The van der Waals surface area contributed by atoms with Crippen LogP contribution in [-0.4, -0.2) is 25.7 Å². The zero-order valence-corrected chi connectivity index (χ0v) is 17.3. The van der Waals surface area contributed by atoms with Gasteiger partial charge in [0, 0.05) is 23.8 Å². The molecule has 8 nitrogen and oxygen atoms in total. The van der Waals surface area contributed by atoms with E-state index in [4.69, 9.17) is 4.42 Å². The highest BCUT2D eigenvalue weighted by Crippen LogP contribution is 2.25. The summed E-state index contributed by atoms with van der Waals surface area (Å²) in [6.45, 7) is 0. The van der Waals surface area contributed by atoms with Crippen LogP contribution in [0.2, 0.25) is 0 Å². The number of H-pyrrole nitrogens is 1. The van der Waals surface area contributed by atoms with Crippen LogP contribution in [0.1, 0.15) is 10.4 Å². The van der Waals surface area contributed by atoms with Crippen LogP contribution in [0.5, 0.6) is 0 Å². The number of nitrogens with zero attached hydrogens (tertiary/aromatic N) is 3. The van der Waals surface area contributed by atoms with Crippen molar-refractivity contribution < 1.29 is 18.0 Å². The molecule has 168 valence electrons. The van der Waals surface area contributed by atoms with Crippen molar-refractivity contribution >= 4 is 11.7 Å². The fraction of sp³-hybridized carbons (Fsp3) is 0. The first-order valence-corrected chi connectivity index (χ1v) is 10.1. The SMILES string of the molecule is O=C(Nc1cc(-c2ccco2)nn1-c1nc(-c2ccccc2)cc(=O)[nH]1)c1ccc(F)cc1F. The number of benzene rings is 2. The number of hydrogen-bond donors (Lipinski definition) is 2. The second kappa shape index (κ2) is 8.58. The van der Waals surface area contributed by atoms with Crippen molar-refractivity contribution in [3.63, 3.8) is 0 Å². The Morgan fingerprint density at radius 1 is 0.971 bits per heavy atom. The number of halogens is 2. The molecular weight excluding hydrogens is 444 g/mol. The Hall–Kier alpha value is -4.86. The van der Waals surface area contributed by atoms with E-state index in [9.17, 15) is 18.4 Å². The molecule has 0 spiro atoms. The number of aromatic amines is 1. The fourth-order valence-electron chi connectivity index (χ4n) is 3.34. The highest BCUT2D eigenvalue weighted by atomic mass is 19.1. The van der Waals surface area contributed by atoms with Gasteiger partial charge in [-0.05, 0) is 24.3 Å². The van der Waals surface area contributed by atoms with Gasteiger partial charge in [-0.2, -0.15) is 9.78 Å². The Labute approximate surface area is 190 Å². The van der Waals surface area contributed by atoms with Crippen LogP contribution in [0.15, 0.2) is 88.3 Å². The number of amides is 1. The lowest BCUT2D eigenvalue weighted by Gasteiger charge is -2.10. The van der Waals surface area contributed by atoms with E-state index >= 15 is 0 Å². The first-order valence-electron chi connectivity index (χ1n) is 10.1. The summed E-state index contributed by atoms with van der Waals surface area (Å²) in [5.74, 6) is -2.19. The second-order valence-corrected chi connectivity index (χ2v) is 7.20. The van der Waals surface area contributed by atoms with Crippen LogP contribution in [0.3, 0.4) is 0 Å². The van der Waals surface area contributed by atoms with Crippen molar-refractivity contribution in [3.8, 4) is 28.7 Å². The van der Waals surface area contributed by atoms with Crippen molar-refractivity contribution in [2.45, 2.75) is 0 Å². The molecule has 0 aliphatic heterocycles. The largest absolute Gasteiger partial charge is 0.463 e. The average Bonchev–Trinajstić information content (AvgIpc) is 3.49. The number of carbonyl (C=O) groups excluding carboxylic acids is 1. The Morgan fingerprint density at radius 2 is 1.79 bits per heavy atom. The first-order chi connectivity index (χ1) is 16.5. The molecule has 0 atom stereocenters. The van der Waals surface area contributed by atoms with E-state index in [1.165, 1.54) is 23.1 Å². The second-order valence-electron chi connectivity index (χ2n) is 7.20. The Bertz CT molecular complexity index is 1540. The maximum atomic E-state index is 14.2. The minimum Gasteiger partial charge on any atom is -0.463 e. The summed E-state index contributed by atoms with van der Waals surface area (Å²) in [4.78, 5) is 32.2. The van der Waals surface area contributed by atoms with Crippen molar-refractivity contribution in [1.82, 2.24) is 19.7 Å². The predicted molar refractivity (Wildman–Crippen MR) is 119 cm³/mol. The highest BCUT2D eigenvalue weighted by molar-refractivity contribution is 6.04. The van der Waals surface area contributed by atoms with Crippen LogP contribution in [0, 0.1) is 11.6 Å². The van der Waals surface area contributed by atoms with E-state index in [1.54, 1.807) is 24.3 Å². The summed E-state index contributed by atoms with van der Waals surface area (Å²) < 4.78 is 34.0. The van der Waals surface area contributed by atoms with Gasteiger partial charge in [0.15, 0.2) is 5.76 Å². The molecule has 0 saturated carbocycles. The molecule has 1 amide bonds. The molecular formula is C24H15F2N5O3. The lowest BCUT2D eigenvalue weighted by molar-refractivity contribution is 0.102. The highest BCUT2D eigenvalue weighted by Gasteiger charge is 2.20. The van der Waals surface area contributed by atoms with E-state index in [-0.39, 0.29) is 17.3 Å². The zero-order chi connectivity index (χ0) is 23.7. The topological polar surface area (TPSA) is 106 Å². The summed E-state index contributed by atoms with van der Waals surface area (Å²) in [6.07, 6.45) is 1.46. The number of furan rings is 1. The van der Waals surface area contributed by atoms with Crippen LogP contribution in [0.4, 0.5) is 14.6 Å². The van der Waals surface area contributed by atoms with Gasteiger partial charge >= 0.3 is 0 Å². The van der Waals surface area contributed by atoms with Crippen LogP contribution >= 0.6 is 0 Å². The minimum absolute atomic E-state index is 0.0130. The molecule has 34 heavy (non-hydrogen) atoms. The van der Waals surface area contributed by atoms with E-state index in [0.717, 1.165) is 12.1 Å². The van der Waals surface area contributed by atoms with Gasteiger partial charge in [-0.3, -0.25) is 14.6 Å². The number of nitrogens with one attached hydrogen (secondary N) is 2. The summed E-state index contributed by atoms with van der Waals surface area (Å²) in [7, 11) is 0. The third-order valence-electron chi connectivity index (χ3n) is 4.90. The van der Waals surface area contributed by atoms with Crippen LogP contribution in [-0.2, 0) is 0 Å². The third kappa shape index (κ3) is 4.11. The van der Waals surface area contributed by atoms with E-state index in [2.05, 4.69) is 20.4 Å². The number of hydrogen-bond acceptors (Lipinski definition) is 5. The van der Waals surface area contributed by atoms with Crippen molar-refractivity contribution in [2.75, 3.05) is 5.32 Å². The van der Waals surface area contributed by atoms with Crippen molar-refractivity contribution in [1.29, 1.82) is 0 Å². The van der Waals surface area contributed by atoms with Crippen molar-refractivity contribution in [3.05, 3.63) is 107 Å². The maximum Gasteiger partial charge on any atom is 0.259 e. The molecule has 2 N–H and O–H groups in total. The lowest BCUT2D eigenvalue weighted by atomic mass is 10.1. The smallest absolute Gasteiger partial charge is 0.259 e. The molecule has 0 radical (unpaired) electrons. The number of carbonyl (C=O) groups is 1. The first kappa shape index (κ1) is 21.0. The molecule has 0 aliphatic carbocycles. The van der Waals surface area contributed by atoms with Gasteiger partial charge in [0.05, 0.1) is 17.5 Å². The van der Waals surface area contributed by atoms with Crippen LogP contribution in [0.25, 0.3) is 28.7 Å². The monoisotopic (exact) mass is 459 g/mol. The zero-order valence-electron chi connectivity index (χ0n) is 17.3. The van der Waals surface area contributed by atoms with Gasteiger partial charge in [-0.1, -0.05) is 30.3 Å². The molecule has 10 heteroatoms. The quantitative estimate of drug-likeness (QED) is 0.405. The van der Waals surface area contributed by atoms with E-state index in [0.29, 0.717) is 28.8 Å². The fourth-order valence-corrected chi connectivity index (χ4v) is 3.34. The minimum atomic E-state index is -1.02. The predicted octanol–water partition coefficient (Wildman–Crippen LogP) is 4.41. The van der Waals surface area contributed by atoms with Gasteiger partial charge in [0.1, 0.15) is 23.1 Å². The molecule has 0 bridgehead atoms. The van der Waals surface area contributed by atoms with Crippen molar-refractivity contribution in [2.24, 2.45) is 0 Å². The molecule has 2 aromatic carbocycles. The number of rotatable bonds is 5. The lowest BCUT2D eigenvalue weighted by Crippen LogP contribution is -2.19. The van der Waals surface area contributed by atoms with Gasteiger partial charge < -0.3 is 9.73 Å². The molecule has 0 aliphatic rings. The molecule has 3 heterocycles. The molecule has 0 saturated heterocycles. The van der Waals surface area contributed by atoms with Crippen LogP contribution < -0.4 is 10.9 Å². The molecule has 0 fully saturated rings. The van der Waals surface area contributed by atoms with Gasteiger partial charge in [0.2, 0.25) is 5.95 Å². The normalized spacial score (nSPS) is 10.9. The Kier molecular flexibility index (Phi) is 5.30. The van der Waals surface area contributed by atoms with Gasteiger partial charge in [-0.15, -0.1) is 0 Å². The standard InChI is InChI=1S/C24H15F2N5O3/c25-15-8-9-16(17(26)11-15)23(33)28-21-12-19(20-7-4-10-34-20)30-31(21)24-27-18(13-22(32)29-24)14-5-2-1-3-6-14/h1-13H,(H,28,33)(H,27,29,32). The number of aromatic nitrogens is 4. The summed E-state index contributed by atoms with van der Waals surface area (Å²) in [5, 5.41) is 6.95. The van der Waals surface area contributed by atoms with E-state index < -0.39 is 23.1 Å². The van der Waals surface area contributed by atoms with E-state index in [1.807, 2.05) is 18.2 Å². The van der Waals surface area contributed by atoms with Gasteiger partial charge in [-0.25, -0.2) is 13.8 Å². The number of anilines is 1. The summed E-state index contributed by atoms with van der Waals surface area (Å²) in [6, 6.07) is 17.8. The van der Waals surface area contributed by atoms with Gasteiger partial charge in [0.25, 0.3) is 11.5 Å². The molecule has 0 unspecified atom stereocenters. The Morgan fingerprint density at radius 3 is 2.53 bits per heavy atom. The Balaban J connectivity index is 1.60. The molecule has 5 rings (SSSR count). The average molecular weight is 459 g/mol. The maximum absolute atomic E-state index is 14.2. The molecule has 5 aromatic rings. The molecule has 3 aromatic heterocycles. The third-order valence-corrected chi connectivity index (χ3v) is 4.90. The summed E-state index contributed by atoms with van der Waals surface area (Å²) in [5.41, 5.74) is 0.602.